The Bertz CT molecular complexity index is 864. The minimum absolute atomic E-state index is 0.0230. The van der Waals surface area contributed by atoms with E-state index in [1.54, 1.807) is 0 Å². The van der Waals surface area contributed by atoms with Gasteiger partial charge in [0.25, 0.3) is 0 Å². The molecule has 0 aliphatic heterocycles. The highest BCUT2D eigenvalue weighted by atomic mass is 16.5. The molecule has 2 aromatic carbocycles. The van der Waals surface area contributed by atoms with Crippen molar-refractivity contribution in [3.63, 3.8) is 0 Å². The molecule has 0 bridgehead atoms. The van der Waals surface area contributed by atoms with E-state index < -0.39 is 0 Å². The van der Waals surface area contributed by atoms with Crippen LogP contribution in [0.5, 0.6) is 5.75 Å². The van der Waals surface area contributed by atoms with Gasteiger partial charge >= 0.3 is 0 Å². The molecule has 0 radical (unpaired) electrons. The van der Waals surface area contributed by atoms with Crippen molar-refractivity contribution < 1.29 is 14.9 Å². The second-order valence-corrected chi connectivity index (χ2v) is 9.72. The van der Waals surface area contributed by atoms with Crippen molar-refractivity contribution in [2.24, 2.45) is 23.2 Å². The Labute approximate surface area is 173 Å². The fourth-order valence-corrected chi connectivity index (χ4v) is 6.72. The normalized spacial score (nSPS) is 35.5. The van der Waals surface area contributed by atoms with Crippen LogP contribution in [0.3, 0.4) is 0 Å². The van der Waals surface area contributed by atoms with Crippen LogP contribution < -0.4 is 4.74 Å². The van der Waals surface area contributed by atoms with Gasteiger partial charge in [0.05, 0.1) is 6.10 Å². The predicted octanol–water partition coefficient (Wildman–Crippen LogP) is 4.70. The summed E-state index contributed by atoms with van der Waals surface area (Å²) >= 11 is 0. The number of aryl methyl sites for hydroxylation is 1. The van der Waals surface area contributed by atoms with Crippen LogP contribution in [0.15, 0.2) is 48.5 Å². The van der Waals surface area contributed by atoms with E-state index >= 15 is 0 Å². The van der Waals surface area contributed by atoms with E-state index in [-0.39, 0.29) is 24.0 Å². The van der Waals surface area contributed by atoms with E-state index in [0.717, 1.165) is 31.4 Å². The lowest BCUT2D eigenvalue weighted by molar-refractivity contribution is -0.0379. The molecule has 0 saturated heterocycles. The fraction of sp³-hybridized carbons (Fsp3) is 0.538. The summed E-state index contributed by atoms with van der Waals surface area (Å²) in [5.41, 5.74) is 4.11. The summed E-state index contributed by atoms with van der Waals surface area (Å²) in [6, 6.07) is 17.0. The summed E-state index contributed by atoms with van der Waals surface area (Å²) in [4.78, 5) is 0. The second-order valence-electron chi connectivity index (χ2n) is 9.72. The quantitative estimate of drug-likeness (QED) is 0.793. The minimum atomic E-state index is -0.353. The summed E-state index contributed by atoms with van der Waals surface area (Å²) < 4.78 is 6.06. The van der Waals surface area contributed by atoms with Gasteiger partial charge in [0.1, 0.15) is 12.4 Å². The fourth-order valence-electron chi connectivity index (χ4n) is 6.72. The molecule has 2 unspecified atom stereocenters. The number of rotatable bonds is 4. The maximum absolute atomic E-state index is 10.8. The predicted molar refractivity (Wildman–Crippen MR) is 114 cm³/mol. The standard InChI is InChI=1S/C26H32O3/c1-26-12-11-22-21-10-8-20(29-16-17-5-3-2-4-6-17)13-18(21)7-9-23(22)24(26)14-19(15-27)25(26)28/h2-6,8,10,13,19,22-25,27-28H,7,9,11-12,14-16H2,1H3/t19?,22-,23-,24+,25?,26+/m1/s1. The Kier molecular flexibility index (Phi) is 4.92. The Morgan fingerprint density at radius 3 is 2.72 bits per heavy atom. The first kappa shape index (κ1) is 19.1. The summed E-state index contributed by atoms with van der Waals surface area (Å²) in [5, 5.41) is 20.6. The van der Waals surface area contributed by atoms with Gasteiger partial charge in [-0.15, -0.1) is 0 Å². The van der Waals surface area contributed by atoms with Crippen LogP contribution in [-0.2, 0) is 13.0 Å². The molecule has 6 atom stereocenters. The summed E-state index contributed by atoms with van der Waals surface area (Å²) in [7, 11) is 0. The van der Waals surface area contributed by atoms with E-state index in [1.165, 1.54) is 23.1 Å². The van der Waals surface area contributed by atoms with Gasteiger partial charge in [-0.3, -0.25) is 0 Å². The molecule has 2 N–H and O–H groups in total. The van der Waals surface area contributed by atoms with Gasteiger partial charge in [0.15, 0.2) is 0 Å². The van der Waals surface area contributed by atoms with Crippen LogP contribution in [0.25, 0.3) is 0 Å². The van der Waals surface area contributed by atoms with Crippen molar-refractivity contribution in [3.05, 3.63) is 65.2 Å². The first-order valence-electron chi connectivity index (χ1n) is 11.2. The lowest BCUT2D eigenvalue weighted by Crippen LogP contribution is -2.44. The molecule has 0 spiro atoms. The van der Waals surface area contributed by atoms with Crippen LogP contribution in [0, 0.1) is 23.2 Å². The van der Waals surface area contributed by atoms with Crippen molar-refractivity contribution in [3.8, 4) is 5.75 Å². The minimum Gasteiger partial charge on any atom is -0.489 e. The van der Waals surface area contributed by atoms with E-state index in [1.807, 2.05) is 18.2 Å². The first-order valence-corrected chi connectivity index (χ1v) is 11.2. The van der Waals surface area contributed by atoms with E-state index in [2.05, 4.69) is 37.3 Å². The zero-order valence-electron chi connectivity index (χ0n) is 17.3. The zero-order chi connectivity index (χ0) is 20.0. The highest BCUT2D eigenvalue weighted by molar-refractivity contribution is 5.41. The van der Waals surface area contributed by atoms with Crippen molar-refractivity contribution in [1.82, 2.24) is 0 Å². The average molecular weight is 393 g/mol. The molecule has 5 rings (SSSR count). The molecule has 29 heavy (non-hydrogen) atoms. The van der Waals surface area contributed by atoms with Crippen molar-refractivity contribution in [2.75, 3.05) is 6.61 Å². The average Bonchev–Trinajstić information content (AvgIpc) is 3.03. The van der Waals surface area contributed by atoms with Crippen LogP contribution >= 0.6 is 0 Å². The highest BCUT2D eigenvalue weighted by Crippen LogP contribution is 2.62. The molecule has 0 aromatic heterocycles. The molecular weight excluding hydrogens is 360 g/mol. The van der Waals surface area contributed by atoms with E-state index in [4.69, 9.17) is 4.74 Å². The molecule has 3 aliphatic carbocycles. The molecule has 3 aliphatic rings. The summed E-state index contributed by atoms with van der Waals surface area (Å²) in [5.74, 6) is 2.76. The van der Waals surface area contributed by atoms with Gasteiger partial charge < -0.3 is 14.9 Å². The zero-order valence-corrected chi connectivity index (χ0v) is 17.3. The third-order valence-electron chi connectivity index (χ3n) is 8.30. The van der Waals surface area contributed by atoms with Gasteiger partial charge in [0.2, 0.25) is 0 Å². The number of aliphatic hydroxyl groups is 2. The first-order chi connectivity index (χ1) is 14.1. The maximum Gasteiger partial charge on any atom is 0.120 e. The van der Waals surface area contributed by atoms with E-state index in [0.29, 0.717) is 24.4 Å². The molecule has 2 saturated carbocycles. The van der Waals surface area contributed by atoms with Gasteiger partial charge in [-0.1, -0.05) is 43.3 Å². The molecule has 3 nitrogen and oxygen atoms in total. The lowest BCUT2D eigenvalue weighted by Gasteiger charge is -2.50. The van der Waals surface area contributed by atoms with Gasteiger partial charge in [-0.2, -0.15) is 0 Å². The molecular formula is C26H32O3. The maximum atomic E-state index is 10.8. The molecule has 154 valence electrons. The van der Waals surface area contributed by atoms with Crippen molar-refractivity contribution >= 4 is 0 Å². The van der Waals surface area contributed by atoms with Crippen LogP contribution in [0.1, 0.15) is 55.2 Å². The molecule has 2 fully saturated rings. The Morgan fingerprint density at radius 1 is 1.10 bits per heavy atom. The summed E-state index contributed by atoms with van der Waals surface area (Å²) in [6.45, 7) is 2.99. The van der Waals surface area contributed by atoms with Crippen LogP contribution in [0.2, 0.25) is 0 Å². The van der Waals surface area contributed by atoms with Gasteiger partial charge in [-0.05, 0) is 84.1 Å². The number of hydrogen-bond acceptors (Lipinski definition) is 3. The smallest absolute Gasteiger partial charge is 0.120 e. The molecule has 2 aromatic rings. The van der Waals surface area contributed by atoms with Crippen molar-refractivity contribution in [1.29, 1.82) is 0 Å². The number of ether oxygens (including phenoxy) is 1. The van der Waals surface area contributed by atoms with Gasteiger partial charge in [0, 0.05) is 12.5 Å². The third-order valence-corrected chi connectivity index (χ3v) is 8.30. The largest absolute Gasteiger partial charge is 0.489 e. The Balaban J connectivity index is 1.34. The molecule has 3 heteroatoms. The highest BCUT2D eigenvalue weighted by Gasteiger charge is 2.57. The van der Waals surface area contributed by atoms with E-state index in [9.17, 15) is 10.2 Å². The number of benzene rings is 2. The molecule has 0 heterocycles. The lowest BCUT2D eigenvalue weighted by atomic mass is 9.55. The topological polar surface area (TPSA) is 49.7 Å². The second kappa shape index (κ2) is 7.45. The summed E-state index contributed by atoms with van der Waals surface area (Å²) in [6.07, 6.45) is 5.10. The Hall–Kier alpha value is -1.84. The van der Waals surface area contributed by atoms with Crippen LogP contribution in [0.4, 0.5) is 0 Å². The number of fused-ring (bicyclic) bond motifs is 5. The SMILES string of the molecule is C[C@]12CC[C@@H]3c4ccc(OCc5ccccc5)cc4CC[C@H]3[C@@H]1CC(CO)C2O. The third kappa shape index (κ3) is 3.19. The van der Waals surface area contributed by atoms with Crippen LogP contribution in [-0.4, -0.2) is 22.9 Å². The number of hydrogen-bond donors (Lipinski definition) is 2. The van der Waals surface area contributed by atoms with Gasteiger partial charge in [-0.25, -0.2) is 0 Å². The van der Waals surface area contributed by atoms with Crippen molar-refractivity contribution in [2.45, 2.75) is 57.7 Å². The number of aliphatic hydroxyl groups excluding tert-OH is 2. The Morgan fingerprint density at radius 2 is 1.93 bits per heavy atom. The molecule has 0 amide bonds. The monoisotopic (exact) mass is 392 g/mol.